The molecule has 2 heterocycles. The largest absolute Gasteiger partial charge is 0.481 e. The second-order valence-corrected chi connectivity index (χ2v) is 6.69. The molecule has 0 radical (unpaired) electrons. The van der Waals surface area contributed by atoms with Crippen LogP contribution >= 0.6 is 0 Å². The van der Waals surface area contributed by atoms with Gasteiger partial charge in [0.05, 0.1) is 5.92 Å². The standard InChI is InChI=1S/C19H19FN4O4/c1-11-9-24(10-14(11)19(27)28)18(26)16-15(21-6-7-22-16)17(25)23-8-12-2-4-13(20)5-3-12/h2-7,11,14H,8-10H2,1H3,(H,23,25)(H,27,28)/t11-,14-/m1/s1. The Labute approximate surface area is 160 Å². The first-order valence-electron chi connectivity index (χ1n) is 8.72. The van der Waals surface area contributed by atoms with E-state index in [4.69, 9.17) is 0 Å². The number of hydrogen-bond acceptors (Lipinski definition) is 5. The number of aliphatic carboxylic acids is 1. The summed E-state index contributed by atoms with van der Waals surface area (Å²) in [6.45, 7) is 2.22. The number of carboxylic acid groups (broad SMARTS) is 1. The summed E-state index contributed by atoms with van der Waals surface area (Å²) in [5, 5.41) is 11.9. The van der Waals surface area contributed by atoms with Gasteiger partial charge in [0.2, 0.25) is 0 Å². The molecule has 1 aliphatic heterocycles. The molecule has 2 aromatic rings. The van der Waals surface area contributed by atoms with Crippen LogP contribution in [-0.2, 0) is 11.3 Å². The van der Waals surface area contributed by atoms with Gasteiger partial charge in [-0.3, -0.25) is 14.4 Å². The molecule has 0 unspecified atom stereocenters. The van der Waals surface area contributed by atoms with Gasteiger partial charge >= 0.3 is 5.97 Å². The Morgan fingerprint density at radius 3 is 2.39 bits per heavy atom. The summed E-state index contributed by atoms with van der Waals surface area (Å²) >= 11 is 0. The number of amides is 2. The summed E-state index contributed by atoms with van der Waals surface area (Å²) < 4.78 is 13.0. The molecule has 1 fully saturated rings. The maximum atomic E-state index is 13.0. The van der Waals surface area contributed by atoms with E-state index >= 15 is 0 Å². The van der Waals surface area contributed by atoms with Crippen LogP contribution in [0, 0.1) is 17.7 Å². The lowest BCUT2D eigenvalue weighted by Gasteiger charge is -2.16. The van der Waals surface area contributed by atoms with Crippen LogP contribution in [0.25, 0.3) is 0 Å². The molecule has 1 aromatic heterocycles. The number of carbonyl (C=O) groups is 3. The third-order valence-electron chi connectivity index (χ3n) is 4.70. The van der Waals surface area contributed by atoms with Crippen LogP contribution in [0.5, 0.6) is 0 Å². The lowest BCUT2D eigenvalue weighted by Crippen LogP contribution is -2.34. The number of rotatable bonds is 5. The summed E-state index contributed by atoms with van der Waals surface area (Å²) in [5.41, 5.74) is 0.419. The third-order valence-corrected chi connectivity index (χ3v) is 4.70. The molecule has 0 spiro atoms. The molecule has 0 bridgehead atoms. The van der Waals surface area contributed by atoms with Crippen molar-refractivity contribution in [2.45, 2.75) is 13.5 Å². The van der Waals surface area contributed by atoms with Crippen LogP contribution in [-0.4, -0.2) is 50.8 Å². The van der Waals surface area contributed by atoms with Crippen LogP contribution in [0.4, 0.5) is 4.39 Å². The van der Waals surface area contributed by atoms with Crippen molar-refractivity contribution >= 4 is 17.8 Å². The van der Waals surface area contributed by atoms with E-state index in [1.165, 1.54) is 41.6 Å². The zero-order valence-electron chi connectivity index (χ0n) is 15.1. The van der Waals surface area contributed by atoms with Crippen molar-refractivity contribution in [2.75, 3.05) is 13.1 Å². The van der Waals surface area contributed by atoms with Crippen LogP contribution in [0.2, 0.25) is 0 Å². The van der Waals surface area contributed by atoms with Crippen molar-refractivity contribution in [3.05, 3.63) is 59.4 Å². The molecule has 8 nitrogen and oxygen atoms in total. The summed E-state index contributed by atoms with van der Waals surface area (Å²) in [6.07, 6.45) is 2.61. The molecule has 28 heavy (non-hydrogen) atoms. The fourth-order valence-corrected chi connectivity index (χ4v) is 3.13. The van der Waals surface area contributed by atoms with Crippen molar-refractivity contribution < 1.29 is 23.9 Å². The van der Waals surface area contributed by atoms with Gasteiger partial charge in [-0.2, -0.15) is 0 Å². The van der Waals surface area contributed by atoms with Crippen molar-refractivity contribution in [3.63, 3.8) is 0 Å². The molecule has 1 aliphatic rings. The molecular weight excluding hydrogens is 367 g/mol. The van der Waals surface area contributed by atoms with Crippen LogP contribution in [0.15, 0.2) is 36.7 Å². The Hall–Kier alpha value is -3.36. The predicted octanol–water partition coefficient (Wildman–Crippen LogP) is 1.34. The molecule has 3 rings (SSSR count). The Kier molecular flexibility index (Phi) is 5.62. The Morgan fingerprint density at radius 1 is 1.14 bits per heavy atom. The summed E-state index contributed by atoms with van der Waals surface area (Å²) in [4.78, 5) is 45.9. The average Bonchev–Trinajstić information content (AvgIpc) is 3.08. The monoisotopic (exact) mass is 386 g/mol. The van der Waals surface area contributed by atoms with E-state index in [0.717, 1.165) is 0 Å². The Morgan fingerprint density at radius 2 is 1.79 bits per heavy atom. The maximum Gasteiger partial charge on any atom is 0.308 e. The molecule has 146 valence electrons. The van der Waals surface area contributed by atoms with Gasteiger partial charge in [-0.25, -0.2) is 14.4 Å². The smallest absolute Gasteiger partial charge is 0.308 e. The SMILES string of the molecule is C[C@@H]1CN(C(=O)c2nccnc2C(=O)NCc2ccc(F)cc2)C[C@H]1C(=O)O. The number of benzene rings is 1. The fourth-order valence-electron chi connectivity index (χ4n) is 3.13. The van der Waals surface area contributed by atoms with Gasteiger partial charge in [0.1, 0.15) is 5.82 Å². The first-order chi connectivity index (χ1) is 13.4. The summed E-state index contributed by atoms with van der Waals surface area (Å²) in [6, 6.07) is 5.64. The van der Waals surface area contributed by atoms with E-state index in [2.05, 4.69) is 15.3 Å². The van der Waals surface area contributed by atoms with E-state index in [0.29, 0.717) is 5.56 Å². The second kappa shape index (κ2) is 8.12. The number of carboxylic acids is 1. The van der Waals surface area contributed by atoms with Gasteiger partial charge in [-0.15, -0.1) is 0 Å². The molecule has 2 N–H and O–H groups in total. The number of carbonyl (C=O) groups excluding carboxylic acids is 2. The minimum absolute atomic E-state index is 0.0581. The average molecular weight is 386 g/mol. The van der Waals surface area contributed by atoms with Gasteiger partial charge in [-0.1, -0.05) is 19.1 Å². The zero-order valence-corrected chi connectivity index (χ0v) is 15.1. The Balaban J connectivity index is 1.73. The molecule has 0 aliphatic carbocycles. The molecule has 2 amide bonds. The highest BCUT2D eigenvalue weighted by Gasteiger charge is 2.38. The lowest BCUT2D eigenvalue weighted by atomic mass is 9.99. The van der Waals surface area contributed by atoms with E-state index in [1.807, 2.05) is 0 Å². The zero-order chi connectivity index (χ0) is 20.3. The normalized spacial score (nSPS) is 18.7. The minimum atomic E-state index is -0.959. The van der Waals surface area contributed by atoms with Gasteiger partial charge in [-0.05, 0) is 23.6 Å². The highest BCUT2D eigenvalue weighted by molar-refractivity contribution is 6.04. The van der Waals surface area contributed by atoms with E-state index in [9.17, 15) is 23.9 Å². The fraction of sp³-hybridized carbons (Fsp3) is 0.316. The van der Waals surface area contributed by atoms with Crippen LogP contribution in [0.1, 0.15) is 33.5 Å². The summed E-state index contributed by atoms with van der Waals surface area (Å²) in [5.74, 6) is -3.32. The predicted molar refractivity (Wildman–Crippen MR) is 95.8 cm³/mol. The van der Waals surface area contributed by atoms with Gasteiger partial charge in [0.15, 0.2) is 11.4 Å². The number of nitrogens with one attached hydrogen (secondary N) is 1. The van der Waals surface area contributed by atoms with Crippen LogP contribution in [0.3, 0.4) is 0 Å². The molecule has 1 aromatic carbocycles. The first-order valence-corrected chi connectivity index (χ1v) is 8.72. The van der Waals surface area contributed by atoms with Gasteiger partial charge in [0, 0.05) is 32.0 Å². The number of halogens is 1. The molecule has 0 saturated carbocycles. The second-order valence-electron chi connectivity index (χ2n) is 6.69. The van der Waals surface area contributed by atoms with Gasteiger partial charge < -0.3 is 15.3 Å². The molecular formula is C19H19FN4O4. The van der Waals surface area contributed by atoms with Crippen molar-refractivity contribution in [2.24, 2.45) is 11.8 Å². The van der Waals surface area contributed by atoms with Crippen LogP contribution < -0.4 is 5.32 Å². The van der Waals surface area contributed by atoms with Crippen molar-refractivity contribution in [3.8, 4) is 0 Å². The highest BCUT2D eigenvalue weighted by atomic mass is 19.1. The quantitative estimate of drug-likeness (QED) is 0.802. The first kappa shape index (κ1) is 19.4. The maximum absolute atomic E-state index is 13.0. The summed E-state index contributed by atoms with van der Waals surface area (Å²) in [7, 11) is 0. The van der Waals surface area contributed by atoms with E-state index in [-0.39, 0.29) is 42.8 Å². The molecule has 9 heteroatoms. The number of likely N-dealkylation sites (tertiary alicyclic amines) is 1. The number of hydrogen-bond donors (Lipinski definition) is 2. The van der Waals surface area contributed by atoms with E-state index < -0.39 is 23.7 Å². The van der Waals surface area contributed by atoms with Crippen molar-refractivity contribution in [1.82, 2.24) is 20.2 Å². The third kappa shape index (κ3) is 4.13. The molecule has 1 saturated heterocycles. The number of aromatic nitrogens is 2. The minimum Gasteiger partial charge on any atom is -0.481 e. The van der Waals surface area contributed by atoms with E-state index in [1.54, 1.807) is 6.92 Å². The lowest BCUT2D eigenvalue weighted by molar-refractivity contribution is -0.142. The van der Waals surface area contributed by atoms with Gasteiger partial charge in [0.25, 0.3) is 11.8 Å². The van der Waals surface area contributed by atoms with Crippen molar-refractivity contribution in [1.29, 1.82) is 0 Å². The highest BCUT2D eigenvalue weighted by Crippen LogP contribution is 2.24. The Bertz CT molecular complexity index is 903. The topological polar surface area (TPSA) is 112 Å². The number of nitrogens with zero attached hydrogens (tertiary/aromatic N) is 3. The molecule has 2 atom stereocenters.